The third-order valence-corrected chi connectivity index (χ3v) is 4.44. The quantitative estimate of drug-likeness (QED) is 0.848. The van der Waals surface area contributed by atoms with E-state index in [1.807, 2.05) is 6.92 Å². The molecule has 98 valence electrons. The summed E-state index contributed by atoms with van der Waals surface area (Å²) in [6.45, 7) is 11.0. The van der Waals surface area contributed by atoms with Gasteiger partial charge in [-0.15, -0.1) is 11.3 Å². The van der Waals surface area contributed by atoms with Crippen molar-refractivity contribution in [3.05, 3.63) is 16.1 Å². The lowest BCUT2D eigenvalue weighted by Gasteiger charge is -2.25. The Balaban J connectivity index is 2.99. The lowest BCUT2D eigenvalue weighted by atomic mass is 9.91. The Bertz CT molecular complexity index is 356. The van der Waals surface area contributed by atoms with Gasteiger partial charge in [0.1, 0.15) is 10.6 Å². The largest absolute Gasteiger partial charge is 0.369 e. The molecule has 0 aromatic carbocycles. The Morgan fingerprint density at radius 1 is 1.29 bits per heavy atom. The van der Waals surface area contributed by atoms with Crippen LogP contribution in [0.1, 0.15) is 58.2 Å². The lowest BCUT2D eigenvalue weighted by molar-refractivity contribution is -0.0143. The van der Waals surface area contributed by atoms with Gasteiger partial charge in [0, 0.05) is 12.0 Å². The molecule has 0 aliphatic carbocycles. The number of hydrogen-bond donors (Lipinski definition) is 1. The van der Waals surface area contributed by atoms with Gasteiger partial charge < -0.3 is 10.5 Å². The van der Waals surface area contributed by atoms with Crippen LogP contribution in [0.25, 0.3) is 0 Å². The summed E-state index contributed by atoms with van der Waals surface area (Å²) in [5, 5.41) is 3.08. The van der Waals surface area contributed by atoms with Crippen LogP contribution in [0.5, 0.6) is 0 Å². The maximum Gasteiger partial charge on any atom is 0.124 e. The molecular weight excluding hydrogens is 232 g/mol. The minimum Gasteiger partial charge on any atom is -0.369 e. The minimum absolute atomic E-state index is 0.295. The smallest absolute Gasteiger partial charge is 0.124 e. The topological polar surface area (TPSA) is 48.1 Å². The first kappa shape index (κ1) is 14.6. The Labute approximate surface area is 108 Å². The number of aromatic nitrogens is 1. The summed E-state index contributed by atoms with van der Waals surface area (Å²) in [6, 6.07) is 0. The Morgan fingerprint density at radius 3 is 2.35 bits per heavy atom. The van der Waals surface area contributed by atoms with Crippen molar-refractivity contribution in [2.75, 3.05) is 6.61 Å². The number of hydrogen-bond acceptors (Lipinski definition) is 4. The molecule has 1 rings (SSSR count). The summed E-state index contributed by atoms with van der Waals surface area (Å²) in [4.78, 5) is 4.68. The van der Waals surface area contributed by atoms with Gasteiger partial charge >= 0.3 is 0 Å². The van der Waals surface area contributed by atoms with Crippen LogP contribution >= 0.6 is 11.3 Å². The SMILES string of the molecule is CCOC(C)(C)c1nc(C(N)(CC)CC)cs1. The molecule has 0 unspecified atom stereocenters. The number of ether oxygens (including phenoxy) is 1. The first-order valence-corrected chi connectivity index (χ1v) is 7.17. The lowest BCUT2D eigenvalue weighted by Crippen LogP contribution is -2.35. The second kappa shape index (κ2) is 5.46. The Morgan fingerprint density at radius 2 is 1.88 bits per heavy atom. The van der Waals surface area contributed by atoms with Crippen molar-refractivity contribution in [2.24, 2.45) is 5.73 Å². The molecule has 0 saturated carbocycles. The van der Waals surface area contributed by atoms with E-state index in [0.717, 1.165) is 23.5 Å². The van der Waals surface area contributed by atoms with Crippen molar-refractivity contribution >= 4 is 11.3 Å². The van der Waals surface area contributed by atoms with Crippen LogP contribution in [-0.2, 0) is 15.9 Å². The number of nitrogens with zero attached hydrogens (tertiary/aromatic N) is 1. The molecule has 0 spiro atoms. The fourth-order valence-corrected chi connectivity index (χ4v) is 2.82. The molecule has 3 nitrogen and oxygen atoms in total. The summed E-state index contributed by atoms with van der Waals surface area (Å²) in [5.74, 6) is 0. The standard InChI is InChI=1S/C13H24N2OS/c1-6-13(14,7-2)10-9-17-11(15-10)12(4,5)16-8-3/h9H,6-8,14H2,1-5H3. The van der Waals surface area contributed by atoms with Crippen LogP contribution in [0.3, 0.4) is 0 Å². The summed E-state index contributed by atoms with van der Waals surface area (Å²) in [5.41, 5.74) is 6.73. The maximum atomic E-state index is 6.35. The number of thiazole rings is 1. The molecular formula is C13H24N2OS. The van der Waals surface area contributed by atoms with Crippen LogP contribution in [0.2, 0.25) is 0 Å². The third-order valence-electron chi connectivity index (χ3n) is 3.30. The van der Waals surface area contributed by atoms with E-state index in [1.54, 1.807) is 11.3 Å². The van der Waals surface area contributed by atoms with E-state index in [4.69, 9.17) is 10.5 Å². The fraction of sp³-hybridized carbons (Fsp3) is 0.769. The Hall–Kier alpha value is -0.450. The van der Waals surface area contributed by atoms with Crippen molar-refractivity contribution < 1.29 is 4.74 Å². The fourth-order valence-electron chi connectivity index (χ4n) is 1.81. The molecule has 1 heterocycles. The third kappa shape index (κ3) is 3.06. The highest BCUT2D eigenvalue weighted by molar-refractivity contribution is 7.09. The predicted molar refractivity (Wildman–Crippen MR) is 73.2 cm³/mol. The molecule has 0 aliphatic rings. The van der Waals surface area contributed by atoms with Crippen molar-refractivity contribution in [3.63, 3.8) is 0 Å². The van der Waals surface area contributed by atoms with Crippen LogP contribution in [0.15, 0.2) is 5.38 Å². The van der Waals surface area contributed by atoms with Gasteiger partial charge in [-0.1, -0.05) is 13.8 Å². The minimum atomic E-state index is -0.319. The van der Waals surface area contributed by atoms with Crippen LogP contribution in [0, 0.1) is 0 Å². The van der Waals surface area contributed by atoms with Crippen molar-refractivity contribution in [1.29, 1.82) is 0 Å². The molecule has 1 aromatic rings. The Kier molecular flexibility index (Phi) is 4.69. The van der Waals surface area contributed by atoms with Crippen LogP contribution in [-0.4, -0.2) is 11.6 Å². The van der Waals surface area contributed by atoms with E-state index in [0.29, 0.717) is 6.61 Å². The average molecular weight is 256 g/mol. The van der Waals surface area contributed by atoms with Crippen molar-refractivity contribution in [2.45, 2.75) is 58.6 Å². The van der Waals surface area contributed by atoms with E-state index in [-0.39, 0.29) is 11.1 Å². The summed E-state index contributed by atoms with van der Waals surface area (Å²) < 4.78 is 5.72. The summed E-state index contributed by atoms with van der Waals surface area (Å²) in [6.07, 6.45) is 1.81. The highest BCUT2D eigenvalue weighted by Crippen LogP contribution is 2.32. The summed E-state index contributed by atoms with van der Waals surface area (Å²) >= 11 is 1.64. The van der Waals surface area contributed by atoms with Gasteiger partial charge in [0.2, 0.25) is 0 Å². The van der Waals surface area contributed by atoms with Gasteiger partial charge in [0.25, 0.3) is 0 Å². The normalized spacial score (nSPS) is 13.1. The molecule has 4 heteroatoms. The van der Waals surface area contributed by atoms with Gasteiger partial charge in [0.15, 0.2) is 0 Å². The molecule has 0 saturated heterocycles. The monoisotopic (exact) mass is 256 g/mol. The first-order valence-electron chi connectivity index (χ1n) is 6.29. The molecule has 2 N–H and O–H groups in total. The molecule has 0 fully saturated rings. The highest BCUT2D eigenvalue weighted by Gasteiger charge is 2.30. The van der Waals surface area contributed by atoms with E-state index < -0.39 is 0 Å². The molecule has 0 aliphatic heterocycles. The van der Waals surface area contributed by atoms with Gasteiger partial charge in [0.05, 0.1) is 11.2 Å². The highest BCUT2D eigenvalue weighted by atomic mass is 32.1. The predicted octanol–water partition coefficient (Wildman–Crippen LogP) is 3.39. The zero-order valence-corrected chi connectivity index (χ0v) is 12.4. The molecule has 1 aromatic heterocycles. The summed E-state index contributed by atoms with van der Waals surface area (Å²) in [7, 11) is 0. The molecule has 0 radical (unpaired) electrons. The molecule has 17 heavy (non-hydrogen) atoms. The van der Waals surface area contributed by atoms with Crippen molar-refractivity contribution in [1.82, 2.24) is 4.98 Å². The average Bonchev–Trinajstić information content (AvgIpc) is 2.78. The van der Waals surface area contributed by atoms with E-state index in [9.17, 15) is 0 Å². The second-order valence-electron chi connectivity index (χ2n) is 4.84. The van der Waals surface area contributed by atoms with Crippen LogP contribution < -0.4 is 5.73 Å². The van der Waals surface area contributed by atoms with Gasteiger partial charge in [-0.3, -0.25) is 0 Å². The molecule has 0 amide bonds. The maximum absolute atomic E-state index is 6.35. The van der Waals surface area contributed by atoms with Crippen molar-refractivity contribution in [3.8, 4) is 0 Å². The van der Waals surface area contributed by atoms with Gasteiger partial charge in [-0.25, -0.2) is 4.98 Å². The van der Waals surface area contributed by atoms with E-state index in [2.05, 4.69) is 38.1 Å². The number of nitrogens with two attached hydrogens (primary N) is 1. The zero-order valence-electron chi connectivity index (χ0n) is 11.5. The van der Waals surface area contributed by atoms with Crippen LogP contribution in [0.4, 0.5) is 0 Å². The van der Waals surface area contributed by atoms with Gasteiger partial charge in [-0.2, -0.15) is 0 Å². The molecule has 0 bridgehead atoms. The van der Waals surface area contributed by atoms with Gasteiger partial charge in [-0.05, 0) is 33.6 Å². The van der Waals surface area contributed by atoms with E-state index >= 15 is 0 Å². The van der Waals surface area contributed by atoms with E-state index in [1.165, 1.54) is 0 Å². The first-order chi connectivity index (χ1) is 7.89. The zero-order chi connectivity index (χ0) is 13.1. The molecule has 0 atom stereocenters. The second-order valence-corrected chi connectivity index (χ2v) is 5.70. The number of rotatable bonds is 6.